The Kier molecular flexibility index (Phi) is 3.71. The smallest absolute Gasteiger partial charge is 0.327 e. The maximum absolute atomic E-state index is 12.0. The number of carboxylic acids is 1. The number of carboxylic acid groups (broad SMARTS) is 1. The van der Waals surface area contributed by atoms with Crippen molar-refractivity contribution in [3.05, 3.63) is 24.0 Å². The van der Waals surface area contributed by atoms with Crippen LogP contribution in [0.1, 0.15) is 5.56 Å². The molecule has 1 saturated heterocycles. The molecule has 7 heteroatoms. The van der Waals surface area contributed by atoms with Crippen molar-refractivity contribution in [1.82, 2.24) is 9.88 Å². The summed E-state index contributed by atoms with van der Waals surface area (Å²) in [4.78, 5) is 28.2. The van der Waals surface area contributed by atoms with E-state index in [4.69, 9.17) is 5.11 Å². The molecule has 2 N–H and O–H groups in total. The zero-order valence-electron chi connectivity index (χ0n) is 9.79. The maximum Gasteiger partial charge on any atom is 0.327 e. The zero-order chi connectivity index (χ0) is 13.1. The predicted octanol–water partition coefficient (Wildman–Crippen LogP) is 1.38. The number of nitrogens with zero attached hydrogens (tertiary/aromatic N) is 2. The summed E-state index contributed by atoms with van der Waals surface area (Å²) >= 11 is 1.43. The van der Waals surface area contributed by atoms with E-state index in [1.165, 1.54) is 16.7 Å². The Morgan fingerprint density at radius 1 is 1.61 bits per heavy atom. The highest BCUT2D eigenvalue weighted by Crippen LogP contribution is 2.22. The van der Waals surface area contributed by atoms with Crippen LogP contribution in [0.5, 0.6) is 0 Å². The number of carbonyl (C=O) groups is 2. The number of anilines is 1. The third-order valence-corrected chi connectivity index (χ3v) is 3.72. The number of pyridine rings is 1. The molecule has 1 fully saturated rings. The van der Waals surface area contributed by atoms with Gasteiger partial charge in [0.05, 0.1) is 17.8 Å². The number of hydrogen-bond acceptors (Lipinski definition) is 4. The summed E-state index contributed by atoms with van der Waals surface area (Å²) < 4.78 is 0. The topological polar surface area (TPSA) is 82.5 Å². The molecule has 0 radical (unpaired) electrons. The fourth-order valence-corrected chi connectivity index (χ4v) is 2.77. The molecule has 96 valence electrons. The van der Waals surface area contributed by atoms with E-state index in [0.717, 1.165) is 5.56 Å². The molecular weight excluding hydrogens is 254 g/mol. The average molecular weight is 267 g/mol. The standard InChI is InChI=1S/C11H13N3O3S/c1-7-2-3-12-4-8(7)13-11(17)14-6-18-5-9(14)10(15)16/h2-4,9H,5-6H2,1H3,(H,13,17)(H,15,16)/t9-/m0/s1. The SMILES string of the molecule is Cc1ccncc1NC(=O)N1CSC[C@H]1C(=O)O. The number of thioether (sulfide) groups is 1. The van der Waals surface area contributed by atoms with E-state index in [1.54, 1.807) is 18.5 Å². The Bertz CT molecular complexity index is 480. The molecule has 18 heavy (non-hydrogen) atoms. The Balaban J connectivity index is 2.08. The Morgan fingerprint density at radius 2 is 2.39 bits per heavy atom. The molecule has 2 rings (SSSR count). The van der Waals surface area contributed by atoms with Crippen LogP contribution >= 0.6 is 11.8 Å². The quantitative estimate of drug-likeness (QED) is 0.846. The van der Waals surface area contributed by atoms with E-state index in [9.17, 15) is 9.59 Å². The monoisotopic (exact) mass is 267 g/mol. The largest absolute Gasteiger partial charge is 0.480 e. The van der Waals surface area contributed by atoms with Crippen molar-refractivity contribution in [1.29, 1.82) is 0 Å². The molecule has 0 unspecified atom stereocenters. The average Bonchev–Trinajstić information content (AvgIpc) is 2.81. The lowest BCUT2D eigenvalue weighted by atomic mass is 10.2. The van der Waals surface area contributed by atoms with E-state index < -0.39 is 18.0 Å². The summed E-state index contributed by atoms with van der Waals surface area (Å²) in [5, 5.41) is 11.7. The highest BCUT2D eigenvalue weighted by Gasteiger charge is 2.34. The van der Waals surface area contributed by atoms with E-state index in [-0.39, 0.29) is 0 Å². The molecule has 1 atom stereocenters. The van der Waals surface area contributed by atoms with Crippen molar-refractivity contribution in [3.63, 3.8) is 0 Å². The van der Waals surface area contributed by atoms with Gasteiger partial charge in [0.25, 0.3) is 0 Å². The molecular formula is C11H13N3O3S. The second kappa shape index (κ2) is 5.26. The van der Waals surface area contributed by atoms with Crippen molar-refractivity contribution in [2.24, 2.45) is 0 Å². The fourth-order valence-electron chi connectivity index (χ4n) is 1.63. The minimum absolute atomic E-state index is 0.391. The van der Waals surface area contributed by atoms with Gasteiger partial charge in [-0.3, -0.25) is 4.98 Å². The third kappa shape index (κ3) is 2.56. The van der Waals surface area contributed by atoms with Crippen LogP contribution in [-0.4, -0.2) is 44.7 Å². The zero-order valence-corrected chi connectivity index (χ0v) is 10.6. The highest BCUT2D eigenvalue weighted by molar-refractivity contribution is 7.99. The number of nitrogens with one attached hydrogen (secondary N) is 1. The predicted molar refractivity (Wildman–Crippen MR) is 68.6 cm³/mol. The lowest BCUT2D eigenvalue weighted by molar-refractivity contribution is -0.140. The van der Waals surface area contributed by atoms with Gasteiger partial charge < -0.3 is 15.3 Å². The molecule has 0 saturated carbocycles. The lowest BCUT2D eigenvalue weighted by Crippen LogP contribution is -2.44. The number of carbonyl (C=O) groups excluding carboxylic acids is 1. The second-order valence-electron chi connectivity index (χ2n) is 3.94. The molecule has 0 bridgehead atoms. The van der Waals surface area contributed by atoms with Crippen LogP contribution in [0.15, 0.2) is 18.5 Å². The Morgan fingerprint density at radius 3 is 3.06 bits per heavy atom. The Hall–Kier alpha value is -1.76. The van der Waals surface area contributed by atoms with Gasteiger partial charge >= 0.3 is 12.0 Å². The number of aryl methyl sites for hydroxylation is 1. The molecule has 2 heterocycles. The molecule has 1 aliphatic heterocycles. The maximum atomic E-state index is 12.0. The van der Waals surface area contributed by atoms with Crippen LogP contribution in [0.4, 0.5) is 10.5 Å². The first-order valence-corrected chi connectivity index (χ1v) is 6.54. The normalized spacial score (nSPS) is 18.7. The number of urea groups is 1. The molecule has 1 aromatic rings. The first kappa shape index (κ1) is 12.7. The van der Waals surface area contributed by atoms with Crippen LogP contribution in [0, 0.1) is 6.92 Å². The van der Waals surface area contributed by atoms with Gasteiger partial charge in [0.1, 0.15) is 6.04 Å². The van der Waals surface area contributed by atoms with Crippen LogP contribution < -0.4 is 5.32 Å². The van der Waals surface area contributed by atoms with Gasteiger partial charge in [-0.2, -0.15) is 0 Å². The second-order valence-corrected chi connectivity index (χ2v) is 4.94. The summed E-state index contributed by atoms with van der Waals surface area (Å²) in [5.41, 5.74) is 1.49. The van der Waals surface area contributed by atoms with Gasteiger partial charge in [0.2, 0.25) is 0 Å². The van der Waals surface area contributed by atoms with Crippen LogP contribution in [0.25, 0.3) is 0 Å². The van der Waals surface area contributed by atoms with Crippen molar-refractivity contribution in [2.45, 2.75) is 13.0 Å². The first-order chi connectivity index (χ1) is 8.59. The fraction of sp³-hybridized carbons (Fsp3) is 0.364. The number of aromatic nitrogens is 1. The van der Waals surface area contributed by atoms with Crippen molar-refractivity contribution >= 4 is 29.4 Å². The molecule has 1 aliphatic rings. The summed E-state index contributed by atoms with van der Waals surface area (Å²) in [5.74, 6) is -0.158. The van der Waals surface area contributed by atoms with Gasteiger partial charge in [-0.25, -0.2) is 9.59 Å². The minimum atomic E-state index is -0.974. The number of hydrogen-bond donors (Lipinski definition) is 2. The Labute approximate surface area is 108 Å². The number of rotatable bonds is 2. The van der Waals surface area contributed by atoms with Gasteiger partial charge in [-0.1, -0.05) is 0 Å². The van der Waals surface area contributed by atoms with Gasteiger partial charge in [0, 0.05) is 11.9 Å². The van der Waals surface area contributed by atoms with Gasteiger partial charge in [-0.15, -0.1) is 11.8 Å². The number of aliphatic carboxylic acids is 1. The third-order valence-electron chi connectivity index (χ3n) is 2.71. The van der Waals surface area contributed by atoms with Crippen molar-refractivity contribution in [2.75, 3.05) is 16.9 Å². The summed E-state index contributed by atoms with van der Waals surface area (Å²) in [6.07, 6.45) is 3.18. The van der Waals surface area contributed by atoms with E-state index in [1.807, 2.05) is 6.92 Å². The molecule has 2 amide bonds. The van der Waals surface area contributed by atoms with Crippen LogP contribution in [0.2, 0.25) is 0 Å². The summed E-state index contributed by atoms with van der Waals surface area (Å²) in [6, 6.07) is 0.624. The van der Waals surface area contributed by atoms with Gasteiger partial charge in [0.15, 0.2) is 0 Å². The van der Waals surface area contributed by atoms with Crippen LogP contribution in [-0.2, 0) is 4.79 Å². The first-order valence-electron chi connectivity index (χ1n) is 5.38. The van der Waals surface area contributed by atoms with Crippen molar-refractivity contribution in [3.8, 4) is 0 Å². The van der Waals surface area contributed by atoms with E-state index >= 15 is 0 Å². The van der Waals surface area contributed by atoms with Crippen molar-refractivity contribution < 1.29 is 14.7 Å². The minimum Gasteiger partial charge on any atom is -0.480 e. The highest BCUT2D eigenvalue weighted by atomic mass is 32.2. The summed E-state index contributed by atoms with van der Waals surface area (Å²) in [7, 11) is 0. The molecule has 0 aromatic carbocycles. The lowest BCUT2D eigenvalue weighted by Gasteiger charge is -2.21. The molecule has 0 spiro atoms. The van der Waals surface area contributed by atoms with E-state index in [2.05, 4.69) is 10.3 Å². The van der Waals surface area contributed by atoms with E-state index in [0.29, 0.717) is 17.3 Å². The molecule has 1 aromatic heterocycles. The molecule has 0 aliphatic carbocycles. The summed E-state index contributed by atoms with van der Waals surface area (Å²) in [6.45, 7) is 1.85. The molecule has 6 nitrogen and oxygen atoms in total. The number of amides is 2. The van der Waals surface area contributed by atoms with Crippen LogP contribution in [0.3, 0.4) is 0 Å². The van der Waals surface area contributed by atoms with Gasteiger partial charge in [-0.05, 0) is 18.6 Å².